The standard InChI is InChI=1S/C16H15N3O2/c1-11-4-2-3-5-14(11)16-15(10-20)17-18-19(16)12-6-8-13(21)9-7-12/h2-9,20-21H,10H2,1H3. The average molecular weight is 281 g/mol. The van der Waals surface area contributed by atoms with Crippen molar-refractivity contribution in [2.24, 2.45) is 0 Å². The van der Waals surface area contributed by atoms with E-state index in [2.05, 4.69) is 10.3 Å². The molecule has 0 bridgehead atoms. The fourth-order valence-corrected chi connectivity index (χ4v) is 2.30. The predicted molar refractivity (Wildman–Crippen MR) is 79.1 cm³/mol. The number of aliphatic hydroxyl groups excluding tert-OH is 1. The van der Waals surface area contributed by atoms with Crippen molar-refractivity contribution in [3.8, 4) is 22.7 Å². The summed E-state index contributed by atoms with van der Waals surface area (Å²) in [6.45, 7) is 1.83. The Bertz CT molecular complexity index is 763. The minimum atomic E-state index is -0.179. The van der Waals surface area contributed by atoms with Gasteiger partial charge in [-0.1, -0.05) is 29.5 Å². The van der Waals surface area contributed by atoms with Gasteiger partial charge in [0.2, 0.25) is 0 Å². The van der Waals surface area contributed by atoms with Gasteiger partial charge in [-0.05, 0) is 36.8 Å². The number of phenolic OH excluding ortho intramolecular Hbond substituents is 1. The second kappa shape index (κ2) is 5.38. The lowest BCUT2D eigenvalue weighted by molar-refractivity contribution is 0.277. The molecule has 0 fully saturated rings. The predicted octanol–water partition coefficient (Wildman–Crippen LogP) is 2.44. The van der Waals surface area contributed by atoms with Gasteiger partial charge in [-0.25, -0.2) is 4.68 Å². The molecule has 5 heteroatoms. The van der Waals surface area contributed by atoms with Gasteiger partial charge >= 0.3 is 0 Å². The van der Waals surface area contributed by atoms with Crippen LogP contribution in [0.3, 0.4) is 0 Å². The summed E-state index contributed by atoms with van der Waals surface area (Å²) < 4.78 is 1.67. The highest BCUT2D eigenvalue weighted by molar-refractivity contribution is 5.67. The van der Waals surface area contributed by atoms with E-state index in [0.29, 0.717) is 5.69 Å². The molecule has 0 unspecified atom stereocenters. The fourth-order valence-electron chi connectivity index (χ4n) is 2.30. The lowest BCUT2D eigenvalue weighted by atomic mass is 10.0. The molecule has 0 atom stereocenters. The van der Waals surface area contributed by atoms with Crippen LogP contribution in [0.4, 0.5) is 0 Å². The van der Waals surface area contributed by atoms with Gasteiger partial charge in [-0.15, -0.1) is 5.10 Å². The molecule has 2 N–H and O–H groups in total. The molecule has 1 heterocycles. The molecule has 106 valence electrons. The summed E-state index contributed by atoms with van der Waals surface area (Å²) in [6.07, 6.45) is 0. The first-order valence-corrected chi connectivity index (χ1v) is 6.61. The Kier molecular flexibility index (Phi) is 3.41. The quantitative estimate of drug-likeness (QED) is 0.773. The van der Waals surface area contributed by atoms with Crippen molar-refractivity contribution in [3.05, 3.63) is 59.8 Å². The van der Waals surface area contributed by atoms with E-state index in [9.17, 15) is 10.2 Å². The van der Waals surface area contributed by atoms with Gasteiger partial charge < -0.3 is 10.2 Å². The molecule has 0 spiro atoms. The van der Waals surface area contributed by atoms with E-state index in [4.69, 9.17) is 0 Å². The highest BCUT2D eigenvalue weighted by Gasteiger charge is 2.17. The van der Waals surface area contributed by atoms with Gasteiger partial charge in [0.1, 0.15) is 17.1 Å². The van der Waals surface area contributed by atoms with Crippen molar-refractivity contribution in [2.75, 3.05) is 0 Å². The molecule has 0 saturated carbocycles. The summed E-state index contributed by atoms with van der Waals surface area (Å²) >= 11 is 0. The molecule has 1 aromatic heterocycles. The Morgan fingerprint density at radius 3 is 2.43 bits per heavy atom. The van der Waals surface area contributed by atoms with Crippen LogP contribution >= 0.6 is 0 Å². The van der Waals surface area contributed by atoms with Crippen LogP contribution in [-0.2, 0) is 6.61 Å². The summed E-state index contributed by atoms with van der Waals surface area (Å²) in [5, 5.41) is 27.1. The minimum Gasteiger partial charge on any atom is -0.508 e. The van der Waals surface area contributed by atoms with Gasteiger partial charge in [0.15, 0.2) is 0 Å². The van der Waals surface area contributed by atoms with E-state index in [1.165, 1.54) is 0 Å². The van der Waals surface area contributed by atoms with Crippen LogP contribution in [0, 0.1) is 6.92 Å². The van der Waals surface area contributed by atoms with Gasteiger partial charge in [0, 0.05) is 5.56 Å². The molecule has 0 aliphatic carbocycles. The van der Waals surface area contributed by atoms with Crippen molar-refractivity contribution < 1.29 is 10.2 Å². The molecular weight excluding hydrogens is 266 g/mol. The number of aliphatic hydroxyl groups is 1. The first kappa shape index (κ1) is 13.3. The van der Waals surface area contributed by atoms with Crippen LogP contribution < -0.4 is 0 Å². The number of rotatable bonds is 3. The van der Waals surface area contributed by atoms with E-state index in [-0.39, 0.29) is 12.4 Å². The summed E-state index contributed by atoms with van der Waals surface area (Å²) in [5.74, 6) is 0.193. The molecule has 3 aromatic rings. The molecule has 2 aromatic carbocycles. The lowest BCUT2D eigenvalue weighted by Crippen LogP contribution is -2.01. The van der Waals surface area contributed by atoms with E-state index < -0.39 is 0 Å². The van der Waals surface area contributed by atoms with E-state index >= 15 is 0 Å². The number of nitrogens with zero attached hydrogens (tertiary/aromatic N) is 3. The zero-order chi connectivity index (χ0) is 14.8. The van der Waals surface area contributed by atoms with Crippen LogP contribution in [-0.4, -0.2) is 25.2 Å². The molecule has 0 aliphatic rings. The third kappa shape index (κ3) is 2.39. The maximum Gasteiger partial charge on any atom is 0.117 e. The van der Waals surface area contributed by atoms with Crippen LogP contribution in [0.1, 0.15) is 11.3 Å². The monoisotopic (exact) mass is 281 g/mol. The molecule has 0 aliphatic heterocycles. The highest BCUT2D eigenvalue weighted by atomic mass is 16.3. The molecular formula is C16H15N3O2. The Balaban J connectivity index is 2.22. The van der Waals surface area contributed by atoms with Gasteiger partial charge in [-0.3, -0.25) is 0 Å². The van der Waals surface area contributed by atoms with Crippen molar-refractivity contribution in [3.63, 3.8) is 0 Å². The number of benzene rings is 2. The Morgan fingerprint density at radius 1 is 1.05 bits per heavy atom. The van der Waals surface area contributed by atoms with Gasteiger partial charge in [-0.2, -0.15) is 0 Å². The zero-order valence-corrected chi connectivity index (χ0v) is 11.6. The van der Waals surface area contributed by atoms with Gasteiger partial charge in [0.25, 0.3) is 0 Å². The fraction of sp³-hybridized carbons (Fsp3) is 0.125. The first-order chi connectivity index (χ1) is 10.2. The topological polar surface area (TPSA) is 71.2 Å². The van der Waals surface area contributed by atoms with Crippen LogP contribution in [0.5, 0.6) is 5.75 Å². The van der Waals surface area contributed by atoms with Crippen LogP contribution in [0.15, 0.2) is 48.5 Å². The molecule has 0 radical (unpaired) electrons. The molecule has 5 nitrogen and oxygen atoms in total. The van der Waals surface area contributed by atoms with Crippen molar-refractivity contribution >= 4 is 0 Å². The SMILES string of the molecule is Cc1ccccc1-c1c(CO)nnn1-c1ccc(O)cc1. The average Bonchev–Trinajstić information content (AvgIpc) is 2.92. The second-order valence-corrected chi connectivity index (χ2v) is 4.79. The van der Waals surface area contributed by atoms with E-state index in [1.54, 1.807) is 28.9 Å². The second-order valence-electron chi connectivity index (χ2n) is 4.79. The zero-order valence-electron chi connectivity index (χ0n) is 11.6. The van der Waals surface area contributed by atoms with Crippen molar-refractivity contribution in [1.29, 1.82) is 0 Å². The maximum atomic E-state index is 9.52. The van der Waals surface area contributed by atoms with E-state index in [1.807, 2.05) is 31.2 Å². The minimum absolute atomic E-state index is 0.179. The maximum absolute atomic E-state index is 9.52. The molecule has 21 heavy (non-hydrogen) atoms. The van der Waals surface area contributed by atoms with E-state index in [0.717, 1.165) is 22.5 Å². The van der Waals surface area contributed by atoms with Gasteiger partial charge in [0.05, 0.1) is 12.3 Å². The van der Waals surface area contributed by atoms with Crippen LogP contribution in [0.2, 0.25) is 0 Å². The smallest absolute Gasteiger partial charge is 0.117 e. The lowest BCUT2D eigenvalue weighted by Gasteiger charge is -2.10. The highest BCUT2D eigenvalue weighted by Crippen LogP contribution is 2.28. The summed E-state index contributed by atoms with van der Waals surface area (Å²) in [6, 6.07) is 14.6. The van der Waals surface area contributed by atoms with Crippen LogP contribution in [0.25, 0.3) is 16.9 Å². The Hall–Kier alpha value is -2.66. The number of hydrogen-bond acceptors (Lipinski definition) is 4. The van der Waals surface area contributed by atoms with Crippen molar-refractivity contribution in [2.45, 2.75) is 13.5 Å². The Labute approximate surface area is 122 Å². The number of aryl methyl sites for hydroxylation is 1. The summed E-state index contributed by atoms with van der Waals surface area (Å²) in [5.41, 5.74) is 4.12. The van der Waals surface area contributed by atoms with Crippen molar-refractivity contribution in [1.82, 2.24) is 15.0 Å². The molecule has 0 amide bonds. The summed E-state index contributed by atoms with van der Waals surface area (Å²) in [7, 11) is 0. The number of hydrogen-bond donors (Lipinski definition) is 2. The third-order valence-corrected chi connectivity index (χ3v) is 3.38. The molecule has 0 saturated heterocycles. The largest absolute Gasteiger partial charge is 0.508 e. The number of phenols is 1. The summed E-state index contributed by atoms with van der Waals surface area (Å²) in [4.78, 5) is 0. The number of aromatic nitrogens is 3. The first-order valence-electron chi connectivity index (χ1n) is 6.61. The Morgan fingerprint density at radius 2 is 1.76 bits per heavy atom. The third-order valence-electron chi connectivity index (χ3n) is 3.38. The number of aromatic hydroxyl groups is 1. The molecule has 3 rings (SSSR count). The normalized spacial score (nSPS) is 10.8.